The molecule has 2 saturated carbocycles. The van der Waals surface area contributed by atoms with Crippen molar-refractivity contribution in [3.63, 3.8) is 0 Å². The Morgan fingerprint density at radius 2 is 1.94 bits per heavy atom. The van der Waals surface area contributed by atoms with Crippen LogP contribution >= 0.6 is 0 Å². The lowest BCUT2D eigenvalue weighted by Crippen LogP contribution is -2.39. The van der Waals surface area contributed by atoms with Gasteiger partial charge in [-0.25, -0.2) is 0 Å². The van der Waals surface area contributed by atoms with Gasteiger partial charge in [0.15, 0.2) is 0 Å². The Kier molecular flexibility index (Phi) is 1.85. The molecule has 0 aromatic carbocycles. The maximum atomic E-state index is 11.6. The molecule has 4 nitrogen and oxygen atoms in total. The molecule has 0 spiro atoms. The van der Waals surface area contributed by atoms with Crippen molar-refractivity contribution in [2.45, 2.75) is 25.7 Å². The lowest BCUT2D eigenvalue weighted by Gasteiger charge is -2.29. The molecule has 0 radical (unpaired) electrons. The van der Waals surface area contributed by atoms with Crippen molar-refractivity contribution in [1.29, 1.82) is 0 Å². The Hall–Kier alpha value is -1.45. The maximum absolute atomic E-state index is 11.6. The molecule has 2 aliphatic carbocycles. The molecular formula is C12H13NO3. The number of hydrogen-bond donors (Lipinski definition) is 0. The minimum Gasteiger partial charge on any atom is -0.299 e. The van der Waals surface area contributed by atoms with Crippen LogP contribution in [0, 0.1) is 11.3 Å². The van der Waals surface area contributed by atoms with Crippen molar-refractivity contribution in [3.05, 3.63) is 12.2 Å². The Bertz CT molecular complexity index is 408. The number of carbonyl (C=O) groups excluding carboxylic acids is 3. The van der Waals surface area contributed by atoms with Crippen molar-refractivity contribution in [1.82, 2.24) is 4.90 Å². The van der Waals surface area contributed by atoms with Crippen LogP contribution in [0.2, 0.25) is 0 Å². The Balaban J connectivity index is 1.78. The second kappa shape index (κ2) is 3.03. The normalized spacial score (nSPS) is 36.9. The molecule has 1 aliphatic heterocycles. The highest BCUT2D eigenvalue weighted by Gasteiger charge is 2.51. The zero-order chi connectivity index (χ0) is 11.3. The highest BCUT2D eigenvalue weighted by molar-refractivity contribution is 6.13. The summed E-state index contributed by atoms with van der Waals surface area (Å²) in [6, 6.07) is 0. The van der Waals surface area contributed by atoms with Crippen LogP contribution in [0.15, 0.2) is 12.2 Å². The van der Waals surface area contributed by atoms with Gasteiger partial charge in [-0.2, -0.15) is 0 Å². The fraction of sp³-hybridized carbons (Fsp3) is 0.583. The van der Waals surface area contributed by atoms with Crippen LogP contribution in [0.1, 0.15) is 25.7 Å². The average molecular weight is 219 g/mol. The molecule has 0 aromatic rings. The number of ketones is 1. The van der Waals surface area contributed by atoms with E-state index in [-0.39, 0.29) is 23.1 Å². The van der Waals surface area contributed by atoms with Crippen LogP contribution in [-0.2, 0) is 14.4 Å². The van der Waals surface area contributed by atoms with Gasteiger partial charge < -0.3 is 0 Å². The molecular weight excluding hydrogens is 206 g/mol. The Morgan fingerprint density at radius 3 is 2.44 bits per heavy atom. The number of hydrogen-bond acceptors (Lipinski definition) is 3. The molecule has 4 heteroatoms. The summed E-state index contributed by atoms with van der Waals surface area (Å²) in [7, 11) is 0. The van der Waals surface area contributed by atoms with E-state index < -0.39 is 0 Å². The third-order valence-corrected chi connectivity index (χ3v) is 4.10. The van der Waals surface area contributed by atoms with Gasteiger partial charge in [0.05, 0.1) is 0 Å². The number of rotatable bonds is 2. The summed E-state index contributed by atoms with van der Waals surface area (Å²) in [6.07, 6.45) is 5.94. The molecule has 2 amide bonds. The van der Waals surface area contributed by atoms with Crippen molar-refractivity contribution in [2.75, 3.05) is 6.54 Å². The number of fused-ring (bicyclic) bond motifs is 2. The van der Waals surface area contributed by atoms with Gasteiger partial charge in [-0.05, 0) is 24.7 Å². The minimum atomic E-state index is -0.234. The monoisotopic (exact) mass is 219 g/mol. The topological polar surface area (TPSA) is 54.5 Å². The van der Waals surface area contributed by atoms with E-state index in [2.05, 4.69) is 0 Å². The number of Topliss-reactive ketones (excluding diaryl/α,β-unsaturated/α-hetero) is 1. The highest BCUT2D eigenvalue weighted by atomic mass is 16.2. The van der Waals surface area contributed by atoms with Crippen LogP contribution < -0.4 is 0 Å². The lowest BCUT2D eigenvalue weighted by atomic mass is 9.83. The fourth-order valence-electron chi connectivity index (χ4n) is 3.28. The summed E-state index contributed by atoms with van der Waals surface area (Å²) in [5.41, 5.74) is -0.0981. The van der Waals surface area contributed by atoms with Crippen LogP contribution in [0.3, 0.4) is 0 Å². The first-order valence-electron chi connectivity index (χ1n) is 5.66. The molecule has 16 heavy (non-hydrogen) atoms. The van der Waals surface area contributed by atoms with E-state index in [4.69, 9.17) is 0 Å². The third kappa shape index (κ3) is 1.25. The molecule has 0 N–H and O–H groups in total. The predicted octanol–water partition coefficient (Wildman–Crippen LogP) is 0.671. The van der Waals surface area contributed by atoms with Gasteiger partial charge in [0, 0.05) is 31.0 Å². The second-order valence-electron chi connectivity index (χ2n) is 5.18. The van der Waals surface area contributed by atoms with Crippen LogP contribution in [-0.4, -0.2) is 29.0 Å². The molecule has 3 aliphatic rings. The maximum Gasteiger partial charge on any atom is 0.253 e. The first kappa shape index (κ1) is 9.75. The molecule has 2 fully saturated rings. The number of nitrogens with zero attached hydrogens (tertiary/aromatic N) is 1. The van der Waals surface area contributed by atoms with Crippen LogP contribution in [0.4, 0.5) is 0 Å². The van der Waals surface area contributed by atoms with Gasteiger partial charge in [0.25, 0.3) is 11.8 Å². The molecule has 2 atom stereocenters. The Labute approximate surface area is 93.3 Å². The van der Waals surface area contributed by atoms with Crippen molar-refractivity contribution < 1.29 is 14.4 Å². The van der Waals surface area contributed by atoms with Gasteiger partial charge in [0.1, 0.15) is 5.78 Å². The molecule has 1 heterocycles. The van der Waals surface area contributed by atoms with E-state index in [9.17, 15) is 14.4 Å². The fourth-order valence-corrected chi connectivity index (χ4v) is 3.28. The number of carbonyl (C=O) groups is 3. The molecule has 0 saturated heterocycles. The average Bonchev–Trinajstić information content (AvgIpc) is 2.87. The smallest absolute Gasteiger partial charge is 0.253 e. The van der Waals surface area contributed by atoms with E-state index in [1.54, 1.807) is 0 Å². The van der Waals surface area contributed by atoms with E-state index in [0.29, 0.717) is 18.7 Å². The van der Waals surface area contributed by atoms with E-state index in [0.717, 1.165) is 19.3 Å². The standard InChI is InChI=1S/C12H13NO3/c14-9-6-12(4-3-8(9)5-12)7-13-10(15)1-2-11(13)16/h1-2,8H,3-7H2. The molecule has 84 valence electrons. The van der Waals surface area contributed by atoms with Gasteiger partial charge in [-0.3, -0.25) is 19.3 Å². The summed E-state index contributed by atoms with van der Waals surface area (Å²) in [4.78, 5) is 35.8. The molecule has 3 rings (SSSR count). The SMILES string of the molecule is O=C1CC2(CN3C(=O)C=CC3=O)CCC1C2. The van der Waals surface area contributed by atoms with E-state index in [1.165, 1.54) is 17.1 Å². The molecule has 2 bridgehead atoms. The van der Waals surface area contributed by atoms with Crippen LogP contribution in [0.25, 0.3) is 0 Å². The van der Waals surface area contributed by atoms with Crippen molar-refractivity contribution in [2.24, 2.45) is 11.3 Å². The number of amides is 2. The van der Waals surface area contributed by atoms with Gasteiger partial charge >= 0.3 is 0 Å². The summed E-state index contributed by atoms with van der Waals surface area (Å²) in [5.74, 6) is 0.0448. The highest BCUT2D eigenvalue weighted by Crippen LogP contribution is 2.52. The number of imide groups is 1. The summed E-state index contributed by atoms with van der Waals surface area (Å²) in [5, 5.41) is 0. The van der Waals surface area contributed by atoms with Crippen molar-refractivity contribution in [3.8, 4) is 0 Å². The summed E-state index contributed by atoms with van der Waals surface area (Å²) >= 11 is 0. The van der Waals surface area contributed by atoms with Gasteiger partial charge in [-0.15, -0.1) is 0 Å². The van der Waals surface area contributed by atoms with Gasteiger partial charge in [-0.1, -0.05) is 0 Å². The predicted molar refractivity (Wildman–Crippen MR) is 55.3 cm³/mol. The van der Waals surface area contributed by atoms with E-state index >= 15 is 0 Å². The molecule has 2 unspecified atom stereocenters. The van der Waals surface area contributed by atoms with Crippen LogP contribution in [0.5, 0.6) is 0 Å². The van der Waals surface area contributed by atoms with Gasteiger partial charge in [0.2, 0.25) is 0 Å². The zero-order valence-corrected chi connectivity index (χ0v) is 8.94. The summed E-state index contributed by atoms with van der Waals surface area (Å²) < 4.78 is 0. The van der Waals surface area contributed by atoms with Crippen molar-refractivity contribution >= 4 is 17.6 Å². The molecule has 0 aromatic heterocycles. The minimum absolute atomic E-state index is 0.0981. The first-order chi connectivity index (χ1) is 7.60. The lowest BCUT2D eigenvalue weighted by molar-refractivity contribution is -0.139. The van der Waals surface area contributed by atoms with E-state index in [1.807, 2.05) is 0 Å². The summed E-state index contributed by atoms with van der Waals surface area (Å²) in [6.45, 7) is 0.430. The third-order valence-electron chi connectivity index (χ3n) is 4.10. The first-order valence-corrected chi connectivity index (χ1v) is 5.66. The quantitative estimate of drug-likeness (QED) is 0.641. The zero-order valence-electron chi connectivity index (χ0n) is 8.94. The second-order valence-corrected chi connectivity index (χ2v) is 5.18. The Morgan fingerprint density at radius 1 is 1.25 bits per heavy atom. The largest absolute Gasteiger partial charge is 0.299 e.